The summed E-state index contributed by atoms with van der Waals surface area (Å²) in [5.74, 6) is -0.946. The van der Waals surface area contributed by atoms with Crippen LogP contribution in [0.25, 0.3) is 0 Å². The summed E-state index contributed by atoms with van der Waals surface area (Å²) in [5, 5.41) is 2.82. The first-order chi connectivity index (χ1) is 13.8. The number of methoxy groups -OCH3 is 1. The van der Waals surface area contributed by atoms with Crippen LogP contribution in [0.5, 0.6) is 0 Å². The van der Waals surface area contributed by atoms with Crippen LogP contribution in [0.1, 0.15) is 48.0 Å². The molecule has 2 rings (SSSR count). The highest BCUT2D eigenvalue weighted by atomic mass is 16.6. The average molecular weight is 401 g/mol. The van der Waals surface area contributed by atoms with Gasteiger partial charge in [-0.15, -0.1) is 0 Å². The van der Waals surface area contributed by atoms with Gasteiger partial charge in [-0.1, -0.05) is 12.1 Å². The maximum Gasteiger partial charge on any atom is 0.340 e. The molecule has 0 radical (unpaired) electrons. The second kappa shape index (κ2) is 9.88. The Bertz CT molecular complexity index is 902. The van der Waals surface area contributed by atoms with Crippen LogP contribution in [0.15, 0.2) is 24.3 Å². The number of nitrogens with zero attached hydrogens (tertiary/aromatic N) is 1. The van der Waals surface area contributed by atoms with Crippen LogP contribution in [-0.4, -0.2) is 62.1 Å². The second-order valence-corrected chi connectivity index (χ2v) is 6.84. The number of H-pyrrole nitrogens is 1. The zero-order valence-electron chi connectivity index (χ0n) is 17.4. The molecule has 0 fully saturated rings. The van der Waals surface area contributed by atoms with Gasteiger partial charge in [0.05, 0.1) is 12.2 Å². The molecule has 0 saturated heterocycles. The molecule has 8 heteroatoms. The molecule has 2 amide bonds. The van der Waals surface area contributed by atoms with Crippen molar-refractivity contribution in [2.75, 3.05) is 34.4 Å². The van der Waals surface area contributed by atoms with Gasteiger partial charge in [0.15, 0.2) is 0 Å². The van der Waals surface area contributed by atoms with Crippen molar-refractivity contribution in [2.24, 2.45) is 0 Å². The van der Waals surface area contributed by atoms with Gasteiger partial charge in [-0.25, -0.2) is 4.79 Å². The molecule has 29 heavy (non-hydrogen) atoms. The van der Waals surface area contributed by atoms with Crippen LogP contribution in [-0.2, 0) is 16.0 Å². The summed E-state index contributed by atoms with van der Waals surface area (Å²) < 4.78 is 10.0. The molecule has 0 atom stereocenters. The molecule has 2 N–H and O–H groups in total. The van der Waals surface area contributed by atoms with Crippen molar-refractivity contribution in [2.45, 2.75) is 20.4 Å². The Labute approximate surface area is 170 Å². The van der Waals surface area contributed by atoms with E-state index in [4.69, 9.17) is 9.47 Å². The molecule has 8 nitrogen and oxygen atoms in total. The van der Waals surface area contributed by atoms with E-state index < -0.39 is 5.97 Å². The zero-order valence-corrected chi connectivity index (χ0v) is 17.4. The number of ether oxygens (including phenoxy) is 2. The Balaban J connectivity index is 2.08. The smallest absolute Gasteiger partial charge is 0.340 e. The summed E-state index contributed by atoms with van der Waals surface area (Å²) in [4.78, 5) is 41.4. The number of esters is 1. The maximum atomic E-state index is 12.6. The van der Waals surface area contributed by atoms with Gasteiger partial charge in [-0.05, 0) is 37.1 Å². The molecule has 0 aliphatic heterocycles. The van der Waals surface area contributed by atoms with Crippen molar-refractivity contribution in [1.29, 1.82) is 0 Å². The van der Waals surface area contributed by atoms with Gasteiger partial charge >= 0.3 is 5.97 Å². The molecule has 0 bridgehead atoms. The lowest BCUT2D eigenvalue weighted by Crippen LogP contribution is -2.25. The van der Waals surface area contributed by atoms with Crippen LogP contribution in [0.4, 0.5) is 0 Å². The molecular formula is C21H27N3O5. The van der Waals surface area contributed by atoms with E-state index in [1.807, 2.05) is 6.07 Å². The van der Waals surface area contributed by atoms with Crippen LogP contribution < -0.4 is 5.32 Å². The fourth-order valence-corrected chi connectivity index (χ4v) is 2.92. The summed E-state index contributed by atoms with van der Waals surface area (Å²) in [5.41, 5.74) is 3.10. The third-order valence-corrected chi connectivity index (χ3v) is 4.42. The number of aromatic amines is 1. The standard InChI is InChI=1S/C21H27N3O5/c1-13-17(21(27)29-10-9-28-5)14(2)23-18(13)19(25)22-12-15-7-6-8-16(11-15)20(26)24(3)4/h6-8,11,23H,9-10,12H2,1-5H3,(H,22,25). The van der Waals surface area contributed by atoms with E-state index in [9.17, 15) is 14.4 Å². The first-order valence-electron chi connectivity index (χ1n) is 9.20. The lowest BCUT2D eigenvalue weighted by molar-refractivity contribution is 0.0386. The Morgan fingerprint density at radius 1 is 1.14 bits per heavy atom. The zero-order chi connectivity index (χ0) is 21.6. The quantitative estimate of drug-likeness (QED) is 0.521. The second-order valence-electron chi connectivity index (χ2n) is 6.84. The molecular weight excluding hydrogens is 374 g/mol. The first kappa shape index (κ1) is 22.2. The van der Waals surface area contributed by atoms with Gasteiger partial charge in [-0.2, -0.15) is 0 Å². The average Bonchev–Trinajstić information content (AvgIpc) is 3.00. The highest BCUT2D eigenvalue weighted by Crippen LogP contribution is 2.19. The predicted molar refractivity (Wildman–Crippen MR) is 108 cm³/mol. The van der Waals surface area contributed by atoms with Crippen molar-refractivity contribution in [1.82, 2.24) is 15.2 Å². The molecule has 0 unspecified atom stereocenters. The number of aromatic nitrogens is 1. The van der Waals surface area contributed by atoms with Crippen molar-refractivity contribution in [3.8, 4) is 0 Å². The van der Waals surface area contributed by atoms with Gasteiger partial charge < -0.3 is 24.7 Å². The third kappa shape index (κ3) is 5.45. The predicted octanol–water partition coefficient (Wildman–Crippen LogP) is 2.07. The SMILES string of the molecule is COCCOC(=O)c1c(C)[nH]c(C(=O)NCc2cccc(C(=O)N(C)C)c2)c1C. The highest BCUT2D eigenvalue weighted by molar-refractivity contribution is 6.00. The molecule has 156 valence electrons. The van der Waals surface area contributed by atoms with Crippen molar-refractivity contribution >= 4 is 17.8 Å². The fourth-order valence-electron chi connectivity index (χ4n) is 2.92. The van der Waals surface area contributed by atoms with Crippen LogP contribution in [0.2, 0.25) is 0 Å². The van der Waals surface area contributed by atoms with E-state index in [1.165, 1.54) is 12.0 Å². The number of amides is 2. The van der Waals surface area contributed by atoms with Crippen LogP contribution >= 0.6 is 0 Å². The van der Waals surface area contributed by atoms with Gasteiger partial charge in [0, 0.05) is 39.0 Å². The minimum atomic E-state index is -0.498. The van der Waals surface area contributed by atoms with E-state index in [-0.39, 0.29) is 25.0 Å². The molecule has 0 aliphatic rings. The molecule has 2 aromatic rings. The minimum absolute atomic E-state index is 0.106. The van der Waals surface area contributed by atoms with Gasteiger partial charge in [-0.3, -0.25) is 9.59 Å². The third-order valence-electron chi connectivity index (χ3n) is 4.42. The fraction of sp³-hybridized carbons (Fsp3) is 0.381. The maximum absolute atomic E-state index is 12.6. The summed E-state index contributed by atoms with van der Waals surface area (Å²) in [6, 6.07) is 7.08. The van der Waals surface area contributed by atoms with E-state index in [0.29, 0.717) is 34.7 Å². The van der Waals surface area contributed by atoms with E-state index in [2.05, 4.69) is 10.3 Å². The van der Waals surface area contributed by atoms with E-state index in [1.54, 1.807) is 46.1 Å². The van der Waals surface area contributed by atoms with Crippen molar-refractivity contribution < 1.29 is 23.9 Å². The summed E-state index contributed by atoms with van der Waals surface area (Å²) in [6.07, 6.45) is 0. The van der Waals surface area contributed by atoms with Gasteiger partial charge in [0.1, 0.15) is 12.3 Å². The lowest BCUT2D eigenvalue weighted by Gasteiger charge is -2.11. The number of hydrogen-bond acceptors (Lipinski definition) is 5. The normalized spacial score (nSPS) is 10.5. The first-order valence-corrected chi connectivity index (χ1v) is 9.20. The number of rotatable bonds is 8. The number of benzene rings is 1. The van der Waals surface area contributed by atoms with Gasteiger partial charge in [0.2, 0.25) is 0 Å². The van der Waals surface area contributed by atoms with Crippen molar-refractivity contribution in [3.63, 3.8) is 0 Å². The summed E-state index contributed by atoms with van der Waals surface area (Å²) in [6.45, 7) is 4.10. The van der Waals surface area contributed by atoms with Gasteiger partial charge in [0.25, 0.3) is 11.8 Å². The molecule has 1 heterocycles. The topological polar surface area (TPSA) is 101 Å². The summed E-state index contributed by atoms with van der Waals surface area (Å²) >= 11 is 0. The summed E-state index contributed by atoms with van der Waals surface area (Å²) in [7, 11) is 4.89. The molecule has 0 spiro atoms. The Kier molecular flexibility index (Phi) is 7.55. The largest absolute Gasteiger partial charge is 0.460 e. The number of nitrogens with one attached hydrogen (secondary N) is 2. The monoisotopic (exact) mass is 401 g/mol. The number of aryl methyl sites for hydroxylation is 1. The minimum Gasteiger partial charge on any atom is -0.460 e. The van der Waals surface area contributed by atoms with Crippen LogP contribution in [0, 0.1) is 13.8 Å². The van der Waals surface area contributed by atoms with E-state index in [0.717, 1.165) is 5.56 Å². The molecule has 0 aliphatic carbocycles. The molecule has 0 saturated carbocycles. The molecule has 1 aromatic heterocycles. The Morgan fingerprint density at radius 3 is 2.52 bits per heavy atom. The number of carbonyl (C=O) groups excluding carboxylic acids is 3. The Hall–Kier alpha value is -3.13. The molecule has 1 aromatic carbocycles. The Morgan fingerprint density at radius 2 is 1.86 bits per heavy atom. The van der Waals surface area contributed by atoms with Crippen molar-refractivity contribution in [3.05, 3.63) is 57.9 Å². The van der Waals surface area contributed by atoms with Crippen LogP contribution in [0.3, 0.4) is 0 Å². The van der Waals surface area contributed by atoms with E-state index >= 15 is 0 Å². The highest BCUT2D eigenvalue weighted by Gasteiger charge is 2.23. The lowest BCUT2D eigenvalue weighted by atomic mass is 10.1. The number of carbonyl (C=O) groups is 3. The number of hydrogen-bond donors (Lipinski definition) is 2.